The van der Waals surface area contributed by atoms with Crippen LogP contribution in [0.2, 0.25) is 0 Å². The molecule has 0 spiro atoms. The van der Waals surface area contributed by atoms with E-state index in [1.54, 1.807) is 0 Å². The van der Waals surface area contributed by atoms with Crippen LogP contribution in [-0.2, 0) is 26.0 Å². The molecule has 0 bridgehead atoms. The lowest BCUT2D eigenvalue weighted by atomic mass is 10.1. The molecule has 20 heavy (non-hydrogen) atoms. The van der Waals surface area contributed by atoms with E-state index in [2.05, 4.69) is 12.1 Å². The zero-order valence-corrected chi connectivity index (χ0v) is 11.4. The Hall–Kier alpha value is -1.87. The van der Waals surface area contributed by atoms with Crippen LogP contribution < -0.4 is 10.5 Å². The first-order chi connectivity index (χ1) is 9.74. The SMILES string of the molecule is NCc1cc(F)cc(COc2ccc3c(c2)CCC3)c1. The minimum absolute atomic E-state index is 0.263. The lowest BCUT2D eigenvalue weighted by Gasteiger charge is -2.09. The van der Waals surface area contributed by atoms with Gasteiger partial charge in [0.2, 0.25) is 0 Å². The van der Waals surface area contributed by atoms with Gasteiger partial charge in [-0.3, -0.25) is 0 Å². The van der Waals surface area contributed by atoms with Gasteiger partial charge in [0.1, 0.15) is 18.2 Å². The summed E-state index contributed by atoms with van der Waals surface area (Å²) in [5, 5.41) is 0. The number of hydrogen-bond donors (Lipinski definition) is 1. The van der Waals surface area contributed by atoms with Crippen molar-refractivity contribution in [2.24, 2.45) is 5.73 Å². The molecule has 0 heterocycles. The van der Waals surface area contributed by atoms with E-state index in [9.17, 15) is 4.39 Å². The predicted octanol–water partition coefficient (Wildman–Crippen LogP) is 3.35. The van der Waals surface area contributed by atoms with E-state index in [0.29, 0.717) is 13.2 Å². The zero-order valence-electron chi connectivity index (χ0n) is 11.4. The molecular weight excluding hydrogens is 253 g/mol. The standard InChI is InChI=1S/C17H18FNO/c18-16-7-12(10-19)6-13(8-16)11-20-17-5-4-14-2-1-3-15(14)9-17/h4-9H,1-3,10-11,19H2. The van der Waals surface area contributed by atoms with Crippen molar-refractivity contribution in [2.45, 2.75) is 32.4 Å². The van der Waals surface area contributed by atoms with Gasteiger partial charge in [0.05, 0.1) is 0 Å². The molecule has 0 unspecified atom stereocenters. The van der Waals surface area contributed by atoms with Crippen molar-refractivity contribution >= 4 is 0 Å². The average molecular weight is 271 g/mol. The number of fused-ring (bicyclic) bond motifs is 1. The summed E-state index contributed by atoms with van der Waals surface area (Å²) >= 11 is 0. The average Bonchev–Trinajstić information content (AvgIpc) is 2.92. The van der Waals surface area contributed by atoms with E-state index >= 15 is 0 Å². The van der Waals surface area contributed by atoms with Gasteiger partial charge in [0.25, 0.3) is 0 Å². The molecule has 104 valence electrons. The van der Waals surface area contributed by atoms with E-state index in [-0.39, 0.29) is 5.82 Å². The molecule has 3 heteroatoms. The van der Waals surface area contributed by atoms with Crippen LogP contribution in [0.3, 0.4) is 0 Å². The van der Waals surface area contributed by atoms with Gasteiger partial charge in [-0.05, 0) is 65.8 Å². The number of rotatable bonds is 4. The summed E-state index contributed by atoms with van der Waals surface area (Å²) in [7, 11) is 0. The van der Waals surface area contributed by atoms with Gasteiger partial charge >= 0.3 is 0 Å². The summed E-state index contributed by atoms with van der Waals surface area (Å²) in [6.07, 6.45) is 3.52. The van der Waals surface area contributed by atoms with Crippen molar-refractivity contribution in [1.82, 2.24) is 0 Å². The largest absolute Gasteiger partial charge is 0.489 e. The normalized spacial score (nSPS) is 13.3. The Labute approximate surface area is 118 Å². The van der Waals surface area contributed by atoms with Crippen LogP contribution in [-0.4, -0.2) is 0 Å². The third-order valence-corrected chi connectivity index (χ3v) is 3.73. The second kappa shape index (κ2) is 5.63. The van der Waals surface area contributed by atoms with Gasteiger partial charge in [-0.2, -0.15) is 0 Å². The summed E-state index contributed by atoms with van der Waals surface area (Å²) < 4.78 is 19.2. The number of hydrogen-bond acceptors (Lipinski definition) is 2. The van der Waals surface area contributed by atoms with Crippen molar-refractivity contribution in [3.8, 4) is 5.75 Å². The summed E-state index contributed by atoms with van der Waals surface area (Å²) in [6, 6.07) is 11.1. The van der Waals surface area contributed by atoms with Crippen LogP contribution in [0.5, 0.6) is 5.75 Å². The molecule has 0 aliphatic heterocycles. The first-order valence-corrected chi connectivity index (χ1v) is 6.97. The maximum atomic E-state index is 13.4. The van der Waals surface area contributed by atoms with Crippen molar-refractivity contribution in [1.29, 1.82) is 0 Å². The van der Waals surface area contributed by atoms with Crippen LogP contribution in [0, 0.1) is 5.82 Å². The topological polar surface area (TPSA) is 35.2 Å². The molecule has 0 fully saturated rings. The Balaban J connectivity index is 1.71. The summed E-state index contributed by atoms with van der Waals surface area (Å²) in [4.78, 5) is 0. The molecule has 2 nitrogen and oxygen atoms in total. The second-order valence-electron chi connectivity index (χ2n) is 5.24. The van der Waals surface area contributed by atoms with Crippen LogP contribution in [0.4, 0.5) is 4.39 Å². The quantitative estimate of drug-likeness (QED) is 0.925. The van der Waals surface area contributed by atoms with Crippen molar-refractivity contribution < 1.29 is 9.13 Å². The smallest absolute Gasteiger partial charge is 0.123 e. The summed E-state index contributed by atoms with van der Waals surface area (Å²) in [5.41, 5.74) is 9.95. The lowest BCUT2D eigenvalue weighted by molar-refractivity contribution is 0.305. The highest BCUT2D eigenvalue weighted by molar-refractivity contribution is 5.38. The number of aryl methyl sites for hydroxylation is 2. The van der Waals surface area contributed by atoms with Gasteiger partial charge in [0, 0.05) is 6.54 Å². The molecule has 0 saturated carbocycles. The van der Waals surface area contributed by atoms with Gasteiger partial charge < -0.3 is 10.5 Å². The Bertz CT molecular complexity index is 624. The summed E-state index contributed by atoms with van der Waals surface area (Å²) in [5.74, 6) is 0.588. The first-order valence-electron chi connectivity index (χ1n) is 6.97. The molecule has 2 aromatic carbocycles. The molecule has 2 N–H and O–H groups in total. The fraction of sp³-hybridized carbons (Fsp3) is 0.294. The maximum Gasteiger partial charge on any atom is 0.123 e. The molecule has 2 aromatic rings. The lowest BCUT2D eigenvalue weighted by Crippen LogP contribution is -2.01. The second-order valence-corrected chi connectivity index (χ2v) is 5.24. The number of benzene rings is 2. The maximum absolute atomic E-state index is 13.4. The highest BCUT2D eigenvalue weighted by Crippen LogP contribution is 2.26. The van der Waals surface area contributed by atoms with E-state index in [4.69, 9.17) is 10.5 Å². The predicted molar refractivity (Wildman–Crippen MR) is 77.1 cm³/mol. The Morgan fingerprint density at radius 2 is 1.80 bits per heavy atom. The molecule has 0 saturated heterocycles. The van der Waals surface area contributed by atoms with Gasteiger partial charge in [-0.25, -0.2) is 4.39 Å². The van der Waals surface area contributed by atoms with E-state index in [0.717, 1.165) is 23.3 Å². The number of nitrogens with two attached hydrogens (primary N) is 1. The summed E-state index contributed by atoms with van der Waals surface area (Å²) in [6.45, 7) is 0.702. The minimum Gasteiger partial charge on any atom is -0.489 e. The van der Waals surface area contributed by atoms with Gasteiger partial charge in [-0.1, -0.05) is 12.1 Å². The third kappa shape index (κ3) is 2.83. The molecule has 3 rings (SSSR count). The fourth-order valence-corrected chi connectivity index (χ4v) is 2.72. The van der Waals surface area contributed by atoms with E-state index < -0.39 is 0 Å². The van der Waals surface area contributed by atoms with Crippen LogP contribution in [0.25, 0.3) is 0 Å². The van der Waals surface area contributed by atoms with Crippen molar-refractivity contribution in [3.63, 3.8) is 0 Å². The Morgan fingerprint density at radius 3 is 2.65 bits per heavy atom. The van der Waals surface area contributed by atoms with Crippen LogP contribution in [0.15, 0.2) is 36.4 Å². The molecule has 1 aliphatic carbocycles. The van der Waals surface area contributed by atoms with Crippen molar-refractivity contribution in [3.05, 3.63) is 64.5 Å². The highest BCUT2D eigenvalue weighted by atomic mass is 19.1. The van der Waals surface area contributed by atoms with Crippen LogP contribution >= 0.6 is 0 Å². The minimum atomic E-state index is -0.263. The molecule has 0 amide bonds. The molecule has 1 aliphatic rings. The Morgan fingerprint density at radius 1 is 1.00 bits per heavy atom. The fourth-order valence-electron chi connectivity index (χ4n) is 2.72. The molecular formula is C17H18FNO. The highest BCUT2D eigenvalue weighted by Gasteiger charge is 2.11. The van der Waals surface area contributed by atoms with Gasteiger partial charge in [0.15, 0.2) is 0 Å². The Kier molecular flexibility index (Phi) is 3.70. The number of ether oxygens (including phenoxy) is 1. The van der Waals surface area contributed by atoms with Crippen LogP contribution in [0.1, 0.15) is 28.7 Å². The molecule has 0 aromatic heterocycles. The molecule has 0 atom stereocenters. The molecule has 0 radical (unpaired) electrons. The van der Waals surface area contributed by atoms with E-state index in [1.807, 2.05) is 12.1 Å². The van der Waals surface area contributed by atoms with E-state index in [1.165, 1.54) is 36.1 Å². The first kappa shape index (κ1) is 13.1. The number of halogens is 1. The monoisotopic (exact) mass is 271 g/mol. The van der Waals surface area contributed by atoms with Crippen molar-refractivity contribution in [2.75, 3.05) is 0 Å². The third-order valence-electron chi connectivity index (χ3n) is 3.73. The zero-order chi connectivity index (χ0) is 13.9. The van der Waals surface area contributed by atoms with Gasteiger partial charge in [-0.15, -0.1) is 0 Å².